The third-order valence-corrected chi connectivity index (χ3v) is 3.02. The van der Waals surface area contributed by atoms with Crippen molar-refractivity contribution in [3.05, 3.63) is 30.1 Å². The Labute approximate surface area is 110 Å². The molecule has 0 aliphatic carbocycles. The summed E-state index contributed by atoms with van der Waals surface area (Å²) in [4.78, 5) is 40.5. The maximum Gasteiger partial charge on any atom is 0.331 e. The molecule has 1 aliphatic heterocycles. The van der Waals surface area contributed by atoms with E-state index in [4.69, 9.17) is 0 Å². The van der Waals surface area contributed by atoms with Gasteiger partial charge in [0.2, 0.25) is 11.8 Å². The molecule has 2 heterocycles. The van der Waals surface area contributed by atoms with Gasteiger partial charge in [-0.2, -0.15) is 0 Å². The lowest BCUT2D eigenvalue weighted by atomic mass is 9.99. The molecule has 1 aliphatic rings. The second kappa shape index (κ2) is 5.60. The summed E-state index contributed by atoms with van der Waals surface area (Å²) in [6, 6.07) is 2.80. The predicted octanol–water partition coefficient (Wildman–Crippen LogP) is 1.08. The molecular formula is C13H15N3O3. The van der Waals surface area contributed by atoms with Crippen LogP contribution in [0.15, 0.2) is 24.5 Å². The molecule has 0 radical (unpaired) electrons. The summed E-state index contributed by atoms with van der Waals surface area (Å²) in [6.07, 6.45) is 4.35. The molecule has 0 spiro atoms. The second-order valence-corrected chi connectivity index (χ2v) is 4.42. The molecule has 1 unspecified atom stereocenters. The Kier molecular flexibility index (Phi) is 3.89. The number of pyridine rings is 1. The van der Waals surface area contributed by atoms with Crippen LogP contribution >= 0.6 is 0 Å². The minimum absolute atomic E-state index is 0.153. The van der Waals surface area contributed by atoms with E-state index in [0.717, 1.165) is 10.5 Å². The number of barbiturate groups is 1. The standard InChI is InChI=1S/C13H15N3O3/c1-2-3-10-11(17)15-13(19)16(12(10)18)8-9-4-6-14-7-5-9/h4-7,10H,2-3,8H2,1H3,(H,15,17,19). The van der Waals surface area contributed by atoms with Gasteiger partial charge in [0.05, 0.1) is 6.54 Å². The van der Waals surface area contributed by atoms with E-state index in [1.54, 1.807) is 24.5 Å². The van der Waals surface area contributed by atoms with Crippen LogP contribution in [0.2, 0.25) is 0 Å². The Hall–Kier alpha value is -2.24. The molecule has 0 saturated carbocycles. The van der Waals surface area contributed by atoms with Gasteiger partial charge >= 0.3 is 6.03 Å². The number of hydrogen-bond acceptors (Lipinski definition) is 4. The molecule has 0 aromatic carbocycles. The largest absolute Gasteiger partial charge is 0.331 e. The summed E-state index contributed by atoms with van der Waals surface area (Å²) in [5.41, 5.74) is 0.795. The van der Waals surface area contributed by atoms with E-state index in [1.165, 1.54) is 0 Å². The number of nitrogens with one attached hydrogen (secondary N) is 1. The van der Waals surface area contributed by atoms with E-state index in [2.05, 4.69) is 10.3 Å². The lowest BCUT2D eigenvalue weighted by Gasteiger charge is -2.30. The molecule has 4 amide bonds. The first-order valence-corrected chi connectivity index (χ1v) is 6.18. The van der Waals surface area contributed by atoms with Gasteiger partial charge in [-0.05, 0) is 24.1 Å². The minimum atomic E-state index is -0.760. The number of carbonyl (C=O) groups excluding carboxylic acids is 3. The molecular weight excluding hydrogens is 246 g/mol. The average Bonchev–Trinajstić information content (AvgIpc) is 2.41. The number of hydrogen-bond donors (Lipinski definition) is 1. The first-order valence-electron chi connectivity index (χ1n) is 6.18. The van der Waals surface area contributed by atoms with E-state index in [0.29, 0.717) is 12.8 Å². The van der Waals surface area contributed by atoms with Gasteiger partial charge in [-0.15, -0.1) is 0 Å². The maximum absolute atomic E-state index is 12.2. The summed E-state index contributed by atoms with van der Waals surface area (Å²) >= 11 is 0. The second-order valence-electron chi connectivity index (χ2n) is 4.42. The van der Waals surface area contributed by atoms with Crippen molar-refractivity contribution in [3.8, 4) is 0 Å². The number of nitrogens with zero attached hydrogens (tertiary/aromatic N) is 2. The summed E-state index contributed by atoms with van der Waals surface area (Å²) < 4.78 is 0. The van der Waals surface area contributed by atoms with Crippen molar-refractivity contribution in [2.75, 3.05) is 0 Å². The molecule has 1 saturated heterocycles. The number of aromatic nitrogens is 1. The number of rotatable bonds is 4. The lowest BCUT2D eigenvalue weighted by Crippen LogP contribution is -2.57. The van der Waals surface area contributed by atoms with Gasteiger partial charge in [0.1, 0.15) is 5.92 Å². The van der Waals surface area contributed by atoms with Gasteiger partial charge in [-0.1, -0.05) is 13.3 Å². The zero-order chi connectivity index (χ0) is 13.8. The zero-order valence-corrected chi connectivity index (χ0v) is 10.6. The summed E-state index contributed by atoms with van der Waals surface area (Å²) in [7, 11) is 0. The fourth-order valence-electron chi connectivity index (χ4n) is 2.02. The van der Waals surface area contributed by atoms with E-state index in [1.807, 2.05) is 6.92 Å². The van der Waals surface area contributed by atoms with Crippen LogP contribution in [0.1, 0.15) is 25.3 Å². The fraction of sp³-hybridized carbons (Fsp3) is 0.385. The molecule has 2 rings (SSSR count). The average molecular weight is 261 g/mol. The first-order chi connectivity index (χ1) is 9.13. The normalized spacial score (nSPS) is 19.5. The van der Waals surface area contributed by atoms with E-state index in [-0.39, 0.29) is 6.54 Å². The number of amides is 4. The topological polar surface area (TPSA) is 79.4 Å². The minimum Gasteiger partial charge on any atom is -0.277 e. The smallest absolute Gasteiger partial charge is 0.277 e. The zero-order valence-electron chi connectivity index (χ0n) is 10.6. The van der Waals surface area contributed by atoms with Crippen molar-refractivity contribution in [3.63, 3.8) is 0 Å². The highest BCUT2D eigenvalue weighted by Crippen LogP contribution is 2.17. The van der Waals surface area contributed by atoms with Crippen molar-refractivity contribution in [2.24, 2.45) is 5.92 Å². The lowest BCUT2D eigenvalue weighted by molar-refractivity contribution is -0.143. The van der Waals surface area contributed by atoms with Crippen LogP contribution in [0.25, 0.3) is 0 Å². The summed E-state index contributed by atoms with van der Waals surface area (Å²) in [6.45, 7) is 2.05. The van der Waals surface area contributed by atoms with Gasteiger partial charge in [0.15, 0.2) is 0 Å². The third-order valence-electron chi connectivity index (χ3n) is 3.02. The number of urea groups is 1. The van der Waals surface area contributed by atoms with Crippen LogP contribution in [-0.2, 0) is 16.1 Å². The SMILES string of the molecule is CCCC1C(=O)NC(=O)N(Cc2ccncc2)C1=O. The Morgan fingerprint density at radius 1 is 1.26 bits per heavy atom. The van der Waals surface area contributed by atoms with Gasteiger partial charge < -0.3 is 0 Å². The maximum atomic E-state index is 12.2. The van der Waals surface area contributed by atoms with Crippen molar-refractivity contribution in [1.82, 2.24) is 15.2 Å². The van der Waals surface area contributed by atoms with Crippen LogP contribution in [0.4, 0.5) is 4.79 Å². The Bertz CT molecular complexity index is 501. The number of imide groups is 2. The van der Waals surface area contributed by atoms with E-state index in [9.17, 15) is 14.4 Å². The highest BCUT2D eigenvalue weighted by Gasteiger charge is 2.39. The van der Waals surface area contributed by atoms with Crippen molar-refractivity contribution >= 4 is 17.8 Å². The first kappa shape index (κ1) is 13.2. The van der Waals surface area contributed by atoms with Crippen molar-refractivity contribution in [1.29, 1.82) is 0 Å². The molecule has 6 nitrogen and oxygen atoms in total. The van der Waals surface area contributed by atoms with Crippen LogP contribution in [0, 0.1) is 5.92 Å². The quantitative estimate of drug-likeness (QED) is 0.822. The molecule has 19 heavy (non-hydrogen) atoms. The third kappa shape index (κ3) is 2.78. The number of carbonyl (C=O) groups is 3. The Morgan fingerprint density at radius 2 is 1.95 bits per heavy atom. The van der Waals surface area contributed by atoms with Gasteiger partial charge in [-0.25, -0.2) is 4.79 Å². The monoisotopic (exact) mass is 261 g/mol. The van der Waals surface area contributed by atoms with Crippen LogP contribution < -0.4 is 5.32 Å². The van der Waals surface area contributed by atoms with Crippen LogP contribution in [0.5, 0.6) is 0 Å². The van der Waals surface area contributed by atoms with E-state index >= 15 is 0 Å². The molecule has 1 aromatic heterocycles. The summed E-state index contributed by atoms with van der Waals surface area (Å²) in [5, 5.41) is 2.23. The highest BCUT2D eigenvalue weighted by molar-refractivity contribution is 6.16. The fourth-order valence-corrected chi connectivity index (χ4v) is 2.02. The molecule has 1 fully saturated rings. The molecule has 1 aromatic rings. The summed E-state index contributed by atoms with van der Waals surface area (Å²) in [5.74, 6) is -1.68. The van der Waals surface area contributed by atoms with Crippen molar-refractivity contribution < 1.29 is 14.4 Å². The molecule has 1 atom stereocenters. The van der Waals surface area contributed by atoms with Crippen LogP contribution in [-0.4, -0.2) is 27.7 Å². The predicted molar refractivity (Wildman–Crippen MR) is 66.7 cm³/mol. The van der Waals surface area contributed by atoms with E-state index < -0.39 is 23.8 Å². The van der Waals surface area contributed by atoms with Gasteiger partial charge in [0.25, 0.3) is 0 Å². The molecule has 100 valence electrons. The van der Waals surface area contributed by atoms with Gasteiger partial charge in [0, 0.05) is 12.4 Å². The molecule has 6 heteroatoms. The Morgan fingerprint density at radius 3 is 2.58 bits per heavy atom. The molecule has 0 bridgehead atoms. The molecule has 1 N–H and O–H groups in total. The van der Waals surface area contributed by atoms with Crippen LogP contribution in [0.3, 0.4) is 0 Å². The van der Waals surface area contributed by atoms with Crippen molar-refractivity contribution in [2.45, 2.75) is 26.3 Å². The van der Waals surface area contributed by atoms with Gasteiger partial charge in [-0.3, -0.25) is 24.8 Å². The highest BCUT2D eigenvalue weighted by atomic mass is 16.2. The Balaban J connectivity index is 2.17.